The quantitative estimate of drug-likeness (QED) is 0.388. The molecule has 9 nitrogen and oxygen atoms in total. The molecule has 150 valence electrons. The van der Waals surface area contributed by atoms with Crippen molar-refractivity contribution in [1.29, 1.82) is 0 Å². The second-order valence-corrected chi connectivity index (χ2v) is 6.35. The maximum atomic E-state index is 12.0. The molecule has 9 heteroatoms. The number of hydrogen-bond acceptors (Lipinski definition) is 6. The van der Waals surface area contributed by atoms with Crippen LogP contribution in [0.2, 0.25) is 0 Å². The number of carbonyl (C=O) groups excluding carboxylic acids is 2. The molecular weight excluding hydrogens is 390 g/mol. The van der Waals surface area contributed by atoms with Crippen molar-refractivity contribution in [2.75, 3.05) is 6.61 Å². The molecule has 0 saturated carbocycles. The highest BCUT2D eigenvalue weighted by molar-refractivity contribution is 6.05. The number of hydrogen-bond donors (Lipinski definition) is 2. The Morgan fingerprint density at radius 2 is 1.67 bits per heavy atom. The van der Waals surface area contributed by atoms with Crippen molar-refractivity contribution in [1.82, 2.24) is 10.9 Å². The third-order valence-electron chi connectivity index (χ3n) is 4.37. The molecule has 30 heavy (non-hydrogen) atoms. The van der Waals surface area contributed by atoms with Crippen molar-refractivity contribution in [2.45, 2.75) is 0 Å². The van der Waals surface area contributed by atoms with Crippen LogP contribution in [0.4, 0.5) is 5.69 Å². The second-order valence-electron chi connectivity index (χ2n) is 6.35. The summed E-state index contributed by atoms with van der Waals surface area (Å²) in [6.45, 7) is -0.318. The number of non-ortho nitro benzene ring substituents is 1. The van der Waals surface area contributed by atoms with Crippen molar-refractivity contribution in [2.24, 2.45) is 0 Å². The molecule has 4 aromatic rings. The minimum atomic E-state index is -0.607. The Hall–Kier alpha value is -4.40. The topological polar surface area (TPSA) is 124 Å². The molecule has 0 saturated heterocycles. The summed E-state index contributed by atoms with van der Waals surface area (Å²) in [7, 11) is 0. The first-order valence-corrected chi connectivity index (χ1v) is 8.89. The van der Waals surface area contributed by atoms with Gasteiger partial charge in [-0.05, 0) is 36.4 Å². The molecule has 0 radical (unpaired) electrons. The van der Waals surface area contributed by atoms with Crippen LogP contribution in [0.1, 0.15) is 10.4 Å². The van der Waals surface area contributed by atoms with Crippen LogP contribution in [-0.4, -0.2) is 23.3 Å². The Balaban J connectivity index is 1.33. The van der Waals surface area contributed by atoms with Crippen LogP contribution in [-0.2, 0) is 4.79 Å². The van der Waals surface area contributed by atoms with Gasteiger partial charge in [-0.2, -0.15) is 0 Å². The minimum Gasteiger partial charge on any atom is -0.484 e. The summed E-state index contributed by atoms with van der Waals surface area (Å²) in [5, 5.41) is 12.4. The van der Waals surface area contributed by atoms with Crippen LogP contribution in [0.3, 0.4) is 0 Å². The van der Waals surface area contributed by atoms with Gasteiger partial charge in [0.1, 0.15) is 16.9 Å². The summed E-state index contributed by atoms with van der Waals surface area (Å²) in [6, 6.07) is 17.8. The molecule has 2 amide bonds. The number of amides is 2. The van der Waals surface area contributed by atoms with E-state index < -0.39 is 16.7 Å². The lowest BCUT2D eigenvalue weighted by atomic mass is 10.1. The minimum absolute atomic E-state index is 0.133. The van der Waals surface area contributed by atoms with E-state index in [9.17, 15) is 19.7 Å². The zero-order valence-electron chi connectivity index (χ0n) is 15.5. The first-order chi connectivity index (χ1) is 14.5. The lowest BCUT2D eigenvalue weighted by Crippen LogP contribution is -2.43. The number of furan rings is 1. The molecule has 0 atom stereocenters. The number of benzene rings is 3. The van der Waals surface area contributed by atoms with E-state index in [0.29, 0.717) is 11.3 Å². The number of nitro benzene ring substituents is 1. The summed E-state index contributed by atoms with van der Waals surface area (Å²) >= 11 is 0. The van der Waals surface area contributed by atoms with Crippen LogP contribution >= 0.6 is 0 Å². The van der Waals surface area contributed by atoms with E-state index in [-0.39, 0.29) is 17.9 Å². The van der Waals surface area contributed by atoms with E-state index in [2.05, 4.69) is 10.9 Å². The molecule has 0 bridgehead atoms. The monoisotopic (exact) mass is 405 g/mol. The maximum absolute atomic E-state index is 12.0. The van der Waals surface area contributed by atoms with Crippen molar-refractivity contribution in [3.63, 3.8) is 0 Å². The van der Waals surface area contributed by atoms with E-state index >= 15 is 0 Å². The lowest BCUT2D eigenvalue weighted by Gasteiger charge is -2.09. The Morgan fingerprint density at radius 1 is 0.933 bits per heavy atom. The molecule has 2 N–H and O–H groups in total. The second kappa shape index (κ2) is 7.92. The molecule has 4 rings (SSSR count). The number of nitro groups is 1. The van der Waals surface area contributed by atoms with Gasteiger partial charge in [0.2, 0.25) is 0 Å². The highest BCUT2D eigenvalue weighted by Gasteiger charge is 2.12. The standard InChI is InChI=1S/C21H15N3O6/c25-20(22-23-21(26)13-5-7-14(8-6-13)24(27)28)12-29-15-9-10-19-17(11-15)16-3-1-2-4-18(16)30-19/h1-11H,12H2,(H,22,25)(H,23,26). The van der Waals surface area contributed by atoms with E-state index in [1.807, 2.05) is 24.3 Å². The van der Waals surface area contributed by atoms with Gasteiger partial charge in [-0.1, -0.05) is 18.2 Å². The van der Waals surface area contributed by atoms with Gasteiger partial charge in [-0.25, -0.2) is 0 Å². The Bertz CT molecular complexity index is 1260. The van der Waals surface area contributed by atoms with Gasteiger partial charge in [0.05, 0.1) is 4.92 Å². The molecular formula is C21H15N3O6. The zero-order chi connectivity index (χ0) is 21.1. The SMILES string of the molecule is O=C(COc1ccc2oc3ccccc3c2c1)NNC(=O)c1ccc([N+](=O)[O-])cc1. The molecule has 0 aliphatic rings. The third kappa shape index (κ3) is 3.90. The number of nitrogens with one attached hydrogen (secondary N) is 2. The number of carbonyl (C=O) groups is 2. The molecule has 3 aromatic carbocycles. The van der Waals surface area contributed by atoms with Gasteiger partial charge < -0.3 is 9.15 Å². The third-order valence-corrected chi connectivity index (χ3v) is 4.37. The number of rotatable bonds is 5. The maximum Gasteiger partial charge on any atom is 0.276 e. The van der Waals surface area contributed by atoms with Crippen LogP contribution in [0.5, 0.6) is 5.75 Å². The van der Waals surface area contributed by atoms with Gasteiger partial charge in [-0.3, -0.25) is 30.6 Å². The summed E-state index contributed by atoms with van der Waals surface area (Å²) < 4.78 is 11.2. The van der Waals surface area contributed by atoms with Crippen molar-refractivity contribution < 1.29 is 23.7 Å². The van der Waals surface area contributed by atoms with Crippen LogP contribution in [0, 0.1) is 10.1 Å². The Labute approximate surface area is 169 Å². The van der Waals surface area contributed by atoms with Gasteiger partial charge in [0.15, 0.2) is 6.61 Å². The van der Waals surface area contributed by atoms with Gasteiger partial charge in [0.25, 0.3) is 17.5 Å². The summed E-state index contributed by atoms with van der Waals surface area (Å²) in [6.07, 6.45) is 0. The van der Waals surface area contributed by atoms with Crippen molar-refractivity contribution in [3.05, 3.63) is 82.4 Å². The number of fused-ring (bicyclic) bond motifs is 3. The molecule has 0 spiro atoms. The smallest absolute Gasteiger partial charge is 0.276 e. The van der Waals surface area contributed by atoms with Gasteiger partial charge in [0, 0.05) is 28.5 Å². The molecule has 0 unspecified atom stereocenters. The first kappa shape index (κ1) is 18.9. The van der Waals surface area contributed by atoms with Gasteiger partial charge >= 0.3 is 0 Å². The zero-order valence-corrected chi connectivity index (χ0v) is 15.5. The molecule has 1 aromatic heterocycles. The van der Waals surface area contributed by atoms with E-state index in [1.54, 1.807) is 18.2 Å². The fourth-order valence-electron chi connectivity index (χ4n) is 2.91. The fraction of sp³-hybridized carbons (Fsp3) is 0.0476. The predicted molar refractivity (Wildman–Crippen MR) is 108 cm³/mol. The number of ether oxygens (including phenoxy) is 1. The number of hydrazine groups is 1. The van der Waals surface area contributed by atoms with Crippen molar-refractivity contribution >= 4 is 39.4 Å². The van der Waals surface area contributed by atoms with Crippen LogP contribution in [0.25, 0.3) is 21.9 Å². The predicted octanol–water partition coefficient (Wildman–Crippen LogP) is 3.33. The highest BCUT2D eigenvalue weighted by atomic mass is 16.6. The Morgan fingerprint density at radius 3 is 2.43 bits per heavy atom. The lowest BCUT2D eigenvalue weighted by molar-refractivity contribution is -0.384. The van der Waals surface area contributed by atoms with Crippen LogP contribution < -0.4 is 15.6 Å². The van der Waals surface area contributed by atoms with E-state index in [4.69, 9.17) is 9.15 Å². The first-order valence-electron chi connectivity index (χ1n) is 8.89. The largest absolute Gasteiger partial charge is 0.484 e. The van der Waals surface area contributed by atoms with Crippen LogP contribution in [0.15, 0.2) is 71.1 Å². The van der Waals surface area contributed by atoms with Gasteiger partial charge in [-0.15, -0.1) is 0 Å². The number of para-hydroxylation sites is 1. The normalized spacial score (nSPS) is 10.7. The van der Waals surface area contributed by atoms with Crippen molar-refractivity contribution in [3.8, 4) is 5.75 Å². The fourth-order valence-corrected chi connectivity index (χ4v) is 2.91. The molecule has 0 aliphatic carbocycles. The average molecular weight is 405 g/mol. The number of nitrogens with zero attached hydrogens (tertiary/aromatic N) is 1. The van der Waals surface area contributed by atoms with E-state index in [1.165, 1.54) is 24.3 Å². The molecule has 1 heterocycles. The summed E-state index contributed by atoms with van der Waals surface area (Å²) in [5.41, 5.74) is 5.97. The summed E-state index contributed by atoms with van der Waals surface area (Å²) in [4.78, 5) is 34.0. The molecule has 0 aliphatic heterocycles. The summed E-state index contributed by atoms with van der Waals surface area (Å²) in [5.74, 6) is -0.696. The highest BCUT2D eigenvalue weighted by Crippen LogP contribution is 2.31. The van der Waals surface area contributed by atoms with E-state index in [0.717, 1.165) is 16.4 Å². The Kier molecular flexibility index (Phi) is 5.00. The average Bonchev–Trinajstić information content (AvgIpc) is 3.14. The molecule has 0 fully saturated rings.